The molecule has 0 spiro atoms. The van der Waals surface area contributed by atoms with Gasteiger partial charge in [0.1, 0.15) is 5.75 Å². The highest BCUT2D eigenvalue weighted by Gasteiger charge is 2.14. The zero-order valence-electron chi connectivity index (χ0n) is 8.23. The zero-order valence-corrected chi connectivity index (χ0v) is 9.04. The number of aromatic hydroxyl groups is 1. The van der Waals surface area contributed by atoms with E-state index in [1.54, 1.807) is 5.38 Å². The van der Waals surface area contributed by atoms with Gasteiger partial charge in [0.25, 0.3) is 0 Å². The minimum atomic E-state index is -0.106. The maximum Gasteiger partial charge on any atom is 0.164 e. The van der Waals surface area contributed by atoms with E-state index in [1.165, 1.54) is 18.3 Å². The molecule has 1 aromatic carbocycles. The van der Waals surface area contributed by atoms with Crippen molar-refractivity contribution in [3.8, 4) is 16.2 Å². The number of benzene rings is 1. The minimum Gasteiger partial charge on any atom is -0.506 e. The molecular formula is C12H10O2S. The molecule has 3 heteroatoms. The summed E-state index contributed by atoms with van der Waals surface area (Å²) in [5, 5.41) is 11.5. The van der Waals surface area contributed by atoms with Gasteiger partial charge in [0.05, 0.1) is 10.4 Å². The number of carbonyl (C=O) groups excluding carboxylic acids is 1. The molecule has 15 heavy (non-hydrogen) atoms. The first-order valence-corrected chi connectivity index (χ1v) is 5.45. The molecule has 0 fully saturated rings. The number of thiophene rings is 1. The Morgan fingerprint density at radius 3 is 2.47 bits per heavy atom. The van der Waals surface area contributed by atoms with Crippen LogP contribution in [0.1, 0.15) is 17.3 Å². The van der Waals surface area contributed by atoms with Gasteiger partial charge in [0.2, 0.25) is 0 Å². The van der Waals surface area contributed by atoms with Gasteiger partial charge >= 0.3 is 0 Å². The van der Waals surface area contributed by atoms with Crippen LogP contribution >= 0.6 is 11.3 Å². The Morgan fingerprint density at radius 2 is 1.93 bits per heavy atom. The average Bonchev–Trinajstić information content (AvgIpc) is 2.61. The highest BCUT2D eigenvalue weighted by molar-refractivity contribution is 7.14. The van der Waals surface area contributed by atoms with Gasteiger partial charge in [-0.25, -0.2) is 0 Å². The highest BCUT2D eigenvalue weighted by atomic mass is 32.1. The second kappa shape index (κ2) is 3.87. The van der Waals surface area contributed by atoms with E-state index in [9.17, 15) is 9.90 Å². The minimum absolute atomic E-state index is 0.0960. The van der Waals surface area contributed by atoms with Crippen LogP contribution in [0.3, 0.4) is 0 Å². The third kappa shape index (κ3) is 1.78. The van der Waals surface area contributed by atoms with Gasteiger partial charge in [0, 0.05) is 5.38 Å². The topological polar surface area (TPSA) is 37.3 Å². The highest BCUT2D eigenvalue weighted by Crippen LogP contribution is 2.38. The molecule has 0 amide bonds. The summed E-state index contributed by atoms with van der Waals surface area (Å²) in [5.74, 6) is -0.00960. The summed E-state index contributed by atoms with van der Waals surface area (Å²) in [4.78, 5) is 11.9. The van der Waals surface area contributed by atoms with Crippen molar-refractivity contribution in [2.24, 2.45) is 0 Å². The van der Waals surface area contributed by atoms with Crippen LogP contribution in [0.2, 0.25) is 0 Å². The molecule has 0 radical (unpaired) electrons. The molecule has 0 aliphatic carbocycles. The number of Topliss-reactive ketones (excluding diaryl/α,β-unsaturated/α-hetero) is 1. The number of ketones is 1. The molecular weight excluding hydrogens is 208 g/mol. The molecule has 76 valence electrons. The van der Waals surface area contributed by atoms with Crippen molar-refractivity contribution in [3.05, 3.63) is 41.3 Å². The van der Waals surface area contributed by atoms with Crippen LogP contribution in [-0.2, 0) is 0 Å². The van der Waals surface area contributed by atoms with Crippen molar-refractivity contribution in [1.82, 2.24) is 0 Å². The molecule has 1 heterocycles. The summed E-state index contributed by atoms with van der Waals surface area (Å²) in [5.41, 5.74) is 1.34. The van der Waals surface area contributed by atoms with Crippen LogP contribution in [0, 0.1) is 0 Å². The second-order valence-corrected chi connectivity index (χ2v) is 4.13. The fourth-order valence-corrected chi connectivity index (χ4v) is 2.40. The van der Waals surface area contributed by atoms with Crippen LogP contribution in [0.25, 0.3) is 10.4 Å². The zero-order chi connectivity index (χ0) is 10.8. The SMILES string of the molecule is CC(=O)c1csc(-c2ccccc2)c1O. The molecule has 0 aliphatic rings. The Bertz CT molecular complexity index is 486. The van der Waals surface area contributed by atoms with Crippen LogP contribution in [0.15, 0.2) is 35.7 Å². The summed E-state index contributed by atoms with van der Waals surface area (Å²) in [7, 11) is 0. The van der Waals surface area contributed by atoms with Gasteiger partial charge in [-0.15, -0.1) is 11.3 Å². The van der Waals surface area contributed by atoms with Crippen LogP contribution in [-0.4, -0.2) is 10.9 Å². The third-order valence-electron chi connectivity index (χ3n) is 2.18. The van der Waals surface area contributed by atoms with E-state index < -0.39 is 0 Å². The Hall–Kier alpha value is -1.61. The average molecular weight is 218 g/mol. The molecule has 0 saturated carbocycles. The second-order valence-electron chi connectivity index (χ2n) is 3.25. The first-order valence-electron chi connectivity index (χ1n) is 4.57. The fraction of sp³-hybridized carbons (Fsp3) is 0.0833. The van der Waals surface area contributed by atoms with Gasteiger partial charge in [-0.05, 0) is 12.5 Å². The van der Waals surface area contributed by atoms with Gasteiger partial charge in [-0.3, -0.25) is 4.79 Å². The molecule has 0 aliphatic heterocycles. The summed E-state index contributed by atoms with van der Waals surface area (Å²) in [6.45, 7) is 1.45. The van der Waals surface area contributed by atoms with Gasteiger partial charge in [-0.2, -0.15) is 0 Å². The van der Waals surface area contributed by atoms with E-state index >= 15 is 0 Å². The first-order chi connectivity index (χ1) is 7.20. The van der Waals surface area contributed by atoms with Crippen LogP contribution < -0.4 is 0 Å². The van der Waals surface area contributed by atoms with Gasteiger partial charge in [-0.1, -0.05) is 30.3 Å². The van der Waals surface area contributed by atoms with Crippen molar-refractivity contribution in [2.45, 2.75) is 6.92 Å². The van der Waals surface area contributed by atoms with E-state index in [-0.39, 0.29) is 11.5 Å². The number of hydrogen-bond acceptors (Lipinski definition) is 3. The third-order valence-corrected chi connectivity index (χ3v) is 3.20. The largest absolute Gasteiger partial charge is 0.506 e. The molecule has 1 aromatic heterocycles. The lowest BCUT2D eigenvalue weighted by Gasteiger charge is -1.98. The monoisotopic (exact) mass is 218 g/mol. The molecule has 0 saturated heterocycles. The maximum absolute atomic E-state index is 11.2. The van der Waals surface area contributed by atoms with Crippen molar-refractivity contribution in [2.75, 3.05) is 0 Å². The number of carbonyl (C=O) groups is 1. The quantitative estimate of drug-likeness (QED) is 0.785. The smallest absolute Gasteiger partial charge is 0.164 e. The van der Waals surface area contributed by atoms with Crippen LogP contribution in [0.5, 0.6) is 5.75 Å². The fourth-order valence-electron chi connectivity index (χ4n) is 1.40. The van der Waals surface area contributed by atoms with Crippen LogP contribution in [0.4, 0.5) is 0 Å². The van der Waals surface area contributed by atoms with E-state index in [0.717, 1.165) is 10.4 Å². The van der Waals surface area contributed by atoms with E-state index in [4.69, 9.17) is 0 Å². The Labute approximate surface area is 91.8 Å². The predicted octanol–water partition coefficient (Wildman–Crippen LogP) is 3.32. The van der Waals surface area contributed by atoms with Crippen molar-refractivity contribution < 1.29 is 9.90 Å². The molecule has 2 rings (SSSR count). The molecule has 0 atom stereocenters. The van der Waals surface area contributed by atoms with Gasteiger partial charge in [0.15, 0.2) is 5.78 Å². The predicted molar refractivity (Wildman–Crippen MR) is 61.4 cm³/mol. The summed E-state index contributed by atoms with van der Waals surface area (Å²) < 4.78 is 0. The lowest BCUT2D eigenvalue weighted by Crippen LogP contribution is -1.88. The van der Waals surface area contributed by atoms with Crippen molar-refractivity contribution in [3.63, 3.8) is 0 Å². The Kier molecular flexibility index (Phi) is 2.56. The molecule has 0 bridgehead atoms. The first kappa shape index (κ1) is 9.93. The van der Waals surface area contributed by atoms with Gasteiger partial charge < -0.3 is 5.11 Å². The van der Waals surface area contributed by atoms with E-state index in [0.29, 0.717) is 5.56 Å². The standard InChI is InChI=1S/C12H10O2S/c1-8(13)10-7-15-12(11(10)14)9-5-3-2-4-6-9/h2-7,14H,1H3. The van der Waals surface area contributed by atoms with E-state index in [1.807, 2.05) is 30.3 Å². The molecule has 2 aromatic rings. The molecule has 0 unspecified atom stereocenters. The number of hydrogen-bond donors (Lipinski definition) is 1. The Morgan fingerprint density at radius 1 is 1.27 bits per heavy atom. The molecule has 1 N–H and O–H groups in total. The Balaban J connectivity index is 2.52. The lowest BCUT2D eigenvalue weighted by molar-refractivity contribution is 0.101. The number of rotatable bonds is 2. The summed E-state index contributed by atoms with van der Waals surface area (Å²) >= 11 is 1.39. The van der Waals surface area contributed by atoms with E-state index in [2.05, 4.69) is 0 Å². The van der Waals surface area contributed by atoms with Crippen molar-refractivity contribution >= 4 is 17.1 Å². The summed E-state index contributed by atoms with van der Waals surface area (Å²) in [6, 6.07) is 9.55. The van der Waals surface area contributed by atoms with Crippen molar-refractivity contribution in [1.29, 1.82) is 0 Å². The lowest BCUT2D eigenvalue weighted by atomic mass is 10.1. The molecule has 2 nitrogen and oxygen atoms in total. The summed E-state index contributed by atoms with van der Waals surface area (Å²) in [6.07, 6.45) is 0. The normalized spacial score (nSPS) is 10.2. The maximum atomic E-state index is 11.2.